The van der Waals surface area contributed by atoms with Gasteiger partial charge in [0.25, 0.3) is 0 Å². The predicted octanol–water partition coefficient (Wildman–Crippen LogP) is 3.55. The van der Waals surface area contributed by atoms with Gasteiger partial charge in [-0.2, -0.15) is 0 Å². The Hall–Kier alpha value is -0.520. The van der Waals surface area contributed by atoms with Crippen LogP contribution >= 0.6 is 0 Å². The summed E-state index contributed by atoms with van der Waals surface area (Å²) in [5.74, 6) is 2.80. The van der Waals surface area contributed by atoms with Gasteiger partial charge in [0, 0.05) is 0 Å². The van der Waals surface area contributed by atoms with Crippen LogP contribution in [0.4, 0.5) is 0 Å². The van der Waals surface area contributed by atoms with Crippen molar-refractivity contribution in [1.29, 1.82) is 0 Å². The molecule has 0 aromatic carbocycles. The first-order valence-corrected chi connectivity index (χ1v) is 5.23. The molecule has 0 aliphatic heterocycles. The van der Waals surface area contributed by atoms with Gasteiger partial charge >= 0.3 is 0 Å². The molecule has 0 aromatic rings. The van der Waals surface area contributed by atoms with E-state index in [-0.39, 0.29) is 0 Å². The lowest BCUT2D eigenvalue weighted by Gasteiger charge is -2.35. The lowest BCUT2D eigenvalue weighted by atomic mass is 9.70. The summed E-state index contributed by atoms with van der Waals surface area (Å²) in [5.41, 5.74) is 0. The second-order valence-corrected chi connectivity index (χ2v) is 4.10. The molecule has 0 fully saturated rings. The number of allylic oxidation sites excluding steroid dienone is 4. The summed E-state index contributed by atoms with van der Waals surface area (Å²) >= 11 is 0. The lowest BCUT2D eigenvalue weighted by Crippen LogP contribution is -2.26. The van der Waals surface area contributed by atoms with Gasteiger partial charge in [0.2, 0.25) is 0 Å². The molecule has 12 heavy (non-hydrogen) atoms. The Kier molecular flexibility index (Phi) is 2.34. The van der Waals surface area contributed by atoms with Gasteiger partial charge in [0.1, 0.15) is 0 Å². The first-order valence-electron chi connectivity index (χ1n) is 5.23. The number of hydrogen-bond acceptors (Lipinski definition) is 0. The summed E-state index contributed by atoms with van der Waals surface area (Å²) in [5, 5.41) is 0. The minimum Gasteiger partial charge on any atom is -0.0882 e. The molecular formula is C12H18. The molecule has 0 N–H and O–H groups in total. The zero-order valence-electron chi connectivity index (χ0n) is 7.87. The Morgan fingerprint density at radius 3 is 2.67 bits per heavy atom. The van der Waals surface area contributed by atoms with Gasteiger partial charge in [-0.05, 0) is 43.4 Å². The van der Waals surface area contributed by atoms with E-state index in [1.165, 1.54) is 25.7 Å². The summed E-state index contributed by atoms with van der Waals surface area (Å²) < 4.78 is 0. The Bertz CT molecular complexity index is 200. The molecular weight excluding hydrogens is 144 g/mol. The first-order chi connectivity index (χ1) is 5.92. The zero-order chi connectivity index (χ0) is 8.39. The van der Waals surface area contributed by atoms with E-state index in [1.54, 1.807) is 0 Å². The van der Waals surface area contributed by atoms with Crippen LogP contribution < -0.4 is 0 Å². The zero-order valence-corrected chi connectivity index (χ0v) is 7.87. The molecule has 0 heterocycles. The van der Waals surface area contributed by atoms with Crippen LogP contribution in [-0.4, -0.2) is 0 Å². The average Bonchev–Trinajstić information content (AvgIpc) is 2.17. The monoisotopic (exact) mass is 162 g/mol. The standard InChI is InChI=1S/C12H18/c1-2-10-7-5-8-11-6-3-4-9-12(10)11/h3-5,7,10-12H,2,6,8-9H2,1H3. The second-order valence-electron chi connectivity index (χ2n) is 4.10. The van der Waals surface area contributed by atoms with E-state index in [4.69, 9.17) is 0 Å². The minimum absolute atomic E-state index is 0.869. The van der Waals surface area contributed by atoms with Crippen LogP contribution in [0.2, 0.25) is 0 Å². The van der Waals surface area contributed by atoms with Gasteiger partial charge in [-0.3, -0.25) is 0 Å². The van der Waals surface area contributed by atoms with E-state index in [2.05, 4.69) is 31.2 Å². The average molecular weight is 162 g/mol. The van der Waals surface area contributed by atoms with Crippen molar-refractivity contribution >= 4 is 0 Å². The third-order valence-corrected chi connectivity index (χ3v) is 3.46. The lowest BCUT2D eigenvalue weighted by molar-refractivity contribution is 0.236. The van der Waals surface area contributed by atoms with Crippen molar-refractivity contribution < 1.29 is 0 Å². The van der Waals surface area contributed by atoms with E-state index in [0.717, 1.165) is 17.8 Å². The Morgan fingerprint density at radius 2 is 1.83 bits per heavy atom. The highest BCUT2D eigenvalue weighted by Crippen LogP contribution is 2.39. The molecule has 0 aromatic heterocycles. The Labute approximate surface area is 75.4 Å². The number of rotatable bonds is 1. The summed E-state index contributed by atoms with van der Waals surface area (Å²) in [4.78, 5) is 0. The fraction of sp³-hybridized carbons (Fsp3) is 0.667. The minimum atomic E-state index is 0.869. The number of fused-ring (bicyclic) bond motifs is 1. The molecule has 0 heteroatoms. The van der Waals surface area contributed by atoms with E-state index in [0.29, 0.717) is 0 Å². The Balaban J connectivity index is 2.12. The van der Waals surface area contributed by atoms with Crippen molar-refractivity contribution in [2.24, 2.45) is 17.8 Å². The molecule has 2 aliphatic carbocycles. The van der Waals surface area contributed by atoms with Crippen molar-refractivity contribution in [3.63, 3.8) is 0 Å². The van der Waals surface area contributed by atoms with Gasteiger partial charge in [0.05, 0.1) is 0 Å². The fourth-order valence-electron chi connectivity index (χ4n) is 2.70. The Morgan fingerprint density at radius 1 is 1.08 bits per heavy atom. The van der Waals surface area contributed by atoms with Crippen molar-refractivity contribution in [3.8, 4) is 0 Å². The molecule has 66 valence electrons. The summed E-state index contributed by atoms with van der Waals surface area (Å²) in [6.45, 7) is 2.32. The van der Waals surface area contributed by atoms with Crippen molar-refractivity contribution in [1.82, 2.24) is 0 Å². The van der Waals surface area contributed by atoms with Crippen LogP contribution in [0.5, 0.6) is 0 Å². The van der Waals surface area contributed by atoms with Gasteiger partial charge in [-0.25, -0.2) is 0 Å². The predicted molar refractivity (Wildman–Crippen MR) is 52.9 cm³/mol. The topological polar surface area (TPSA) is 0 Å². The largest absolute Gasteiger partial charge is 0.0882 e. The number of hydrogen-bond donors (Lipinski definition) is 0. The van der Waals surface area contributed by atoms with Crippen LogP contribution in [0.3, 0.4) is 0 Å². The quantitative estimate of drug-likeness (QED) is 0.517. The van der Waals surface area contributed by atoms with E-state index in [9.17, 15) is 0 Å². The van der Waals surface area contributed by atoms with Gasteiger partial charge < -0.3 is 0 Å². The van der Waals surface area contributed by atoms with E-state index in [1.807, 2.05) is 0 Å². The van der Waals surface area contributed by atoms with E-state index >= 15 is 0 Å². The normalized spacial score (nSPS) is 39.6. The highest BCUT2D eigenvalue weighted by molar-refractivity contribution is 5.06. The van der Waals surface area contributed by atoms with Crippen LogP contribution in [0.15, 0.2) is 24.3 Å². The van der Waals surface area contributed by atoms with E-state index < -0.39 is 0 Å². The van der Waals surface area contributed by atoms with Crippen LogP contribution in [0, 0.1) is 17.8 Å². The molecule has 0 nitrogen and oxygen atoms in total. The molecule has 3 unspecified atom stereocenters. The van der Waals surface area contributed by atoms with Crippen LogP contribution in [0.1, 0.15) is 32.6 Å². The molecule has 0 radical (unpaired) electrons. The van der Waals surface area contributed by atoms with Crippen molar-refractivity contribution in [2.75, 3.05) is 0 Å². The summed E-state index contributed by atoms with van der Waals surface area (Å²) in [6.07, 6.45) is 14.9. The third kappa shape index (κ3) is 1.35. The summed E-state index contributed by atoms with van der Waals surface area (Å²) in [7, 11) is 0. The molecule has 0 amide bonds. The molecule has 3 atom stereocenters. The maximum atomic E-state index is 2.44. The van der Waals surface area contributed by atoms with Gasteiger partial charge in [-0.15, -0.1) is 0 Å². The maximum Gasteiger partial charge on any atom is -0.0202 e. The van der Waals surface area contributed by atoms with Crippen molar-refractivity contribution in [2.45, 2.75) is 32.6 Å². The van der Waals surface area contributed by atoms with Gasteiger partial charge in [0.15, 0.2) is 0 Å². The third-order valence-electron chi connectivity index (χ3n) is 3.46. The molecule has 0 spiro atoms. The fourth-order valence-corrected chi connectivity index (χ4v) is 2.70. The molecule has 0 saturated heterocycles. The first kappa shape index (κ1) is 8.10. The SMILES string of the molecule is CCC1C=CCC2CC=CCC12. The molecule has 0 bridgehead atoms. The highest BCUT2D eigenvalue weighted by Gasteiger charge is 2.29. The molecule has 2 rings (SSSR count). The highest BCUT2D eigenvalue weighted by atomic mass is 14.3. The van der Waals surface area contributed by atoms with Crippen LogP contribution in [-0.2, 0) is 0 Å². The molecule has 2 aliphatic rings. The van der Waals surface area contributed by atoms with Crippen molar-refractivity contribution in [3.05, 3.63) is 24.3 Å². The van der Waals surface area contributed by atoms with Crippen LogP contribution in [0.25, 0.3) is 0 Å². The van der Waals surface area contributed by atoms with Gasteiger partial charge in [-0.1, -0.05) is 31.2 Å². The smallest absolute Gasteiger partial charge is 0.0202 e. The summed E-state index contributed by atoms with van der Waals surface area (Å²) in [6, 6.07) is 0. The maximum absolute atomic E-state index is 2.44. The molecule has 0 saturated carbocycles. The second kappa shape index (κ2) is 3.47.